The molecule has 0 heterocycles. The van der Waals surface area contributed by atoms with Crippen LogP contribution in [0.25, 0.3) is 0 Å². The van der Waals surface area contributed by atoms with Gasteiger partial charge in [0.15, 0.2) is 0 Å². The molecule has 0 saturated heterocycles. The Hall–Kier alpha value is -0.580. The van der Waals surface area contributed by atoms with Crippen LogP contribution >= 0.6 is 0 Å². The maximum absolute atomic E-state index is 13.8. The minimum atomic E-state index is -3.55. The fraction of sp³-hybridized carbons (Fsp3) is 0.950. The highest BCUT2D eigenvalue weighted by atomic mass is 32.2. The second-order valence-corrected chi connectivity index (χ2v) is 11.6. The van der Waals surface area contributed by atoms with Gasteiger partial charge in [-0.15, -0.1) is 0 Å². The second kappa shape index (κ2) is 6.54. The standard InChI is InChI=1S/C20H33NO3S/c1-2-8-21(19(22)18-6-4-3-5-7-18)25(23,24)20-12-15-9-16(13-20)11-17(10-15)14-20/h15-18H,2-14H2,1H3. The molecule has 0 atom stereocenters. The summed E-state index contributed by atoms with van der Waals surface area (Å²) in [5.74, 6) is 1.58. The molecule has 4 nitrogen and oxygen atoms in total. The molecule has 0 radical (unpaired) electrons. The van der Waals surface area contributed by atoms with Crippen LogP contribution < -0.4 is 0 Å². The minimum absolute atomic E-state index is 0.0658. The lowest BCUT2D eigenvalue weighted by Gasteiger charge is -2.56. The van der Waals surface area contributed by atoms with E-state index in [-0.39, 0.29) is 11.8 Å². The van der Waals surface area contributed by atoms with Gasteiger partial charge in [-0.05, 0) is 75.5 Å². The first-order chi connectivity index (χ1) is 11.9. The van der Waals surface area contributed by atoms with Crippen molar-refractivity contribution >= 4 is 15.9 Å². The number of nitrogens with zero attached hydrogens (tertiary/aromatic N) is 1. The largest absolute Gasteiger partial charge is 0.273 e. The Morgan fingerprint density at radius 2 is 1.48 bits per heavy atom. The molecule has 1 amide bonds. The second-order valence-electron chi connectivity index (χ2n) is 9.35. The van der Waals surface area contributed by atoms with Crippen molar-refractivity contribution in [3.63, 3.8) is 0 Å². The van der Waals surface area contributed by atoms with Gasteiger partial charge in [0, 0.05) is 12.5 Å². The van der Waals surface area contributed by atoms with Crippen molar-refractivity contribution in [1.82, 2.24) is 4.31 Å². The van der Waals surface area contributed by atoms with E-state index in [9.17, 15) is 13.2 Å². The number of amides is 1. The third-order valence-corrected chi connectivity index (χ3v) is 9.98. The summed E-state index contributed by atoms with van der Waals surface area (Å²) in [6.45, 7) is 2.36. The van der Waals surface area contributed by atoms with Gasteiger partial charge in [-0.1, -0.05) is 26.2 Å². The molecule has 0 aliphatic heterocycles. The number of rotatable bonds is 5. The predicted octanol–water partition coefficient (Wildman–Crippen LogP) is 4.10. The summed E-state index contributed by atoms with van der Waals surface area (Å²) in [5.41, 5.74) is 0. The summed E-state index contributed by atoms with van der Waals surface area (Å²) in [6, 6.07) is 0. The van der Waals surface area contributed by atoms with Crippen molar-refractivity contribution in [2.45, 2.75) is 88.7 Å². The number of carbonyl (C=O) groups excluding carboxylic acids is 1. The van der Waals surface area contributed by atoms with Gasteiger partial charge in [0.25, 0.3) is 0 Å². The van der Waals surface area contributed by atoms with Crippen LogP contribution in [-0.2, 0) is 14.8 Å². The van der Waals surface area contributed by atoms with Gasteiger partial charge in [0.2, 0.25) is 15.9 Å². The van der Waals surface area contributed by atoms with Crippen LogP contribution in [0.4, 0.5) is 0 Å². The normalized spacial score (nSPS) is 38.0. The number of carbonyl (C=O) groups is 1. The van der Waals surface area contributed by atoms with Crippen LogP contribution in [0.2, 0.25) is 0 Å². The number of hydrogen-bond donors (Lipinski definition) is 0. The van der Waals surface area contributed by atoms with Gasteiger partial charge >= 0.3 is 0 Å². The molecule has 5 aliphatic carbocycles. The van der Waals surface area contributed by atoms with Crippen LogP contribution in [0.3, 0.4) is 0 Å². The molecule has 0 aromatic heterocycles. The molecule has 0 spiro atoms. The molecule has 0 aromatic carbocycles. The van der Waals surface area contributed by atoms with Crippen LogP contribution in [-0.4, -0.2) is 29.9 Å². The van der Waals surface area contributed by atoms with Gasteiger partial charge in [-0.3, -0.25) is 4.79 Å². The summed E-state index contributed by atoms with van der Waals surface area (Å²) in [5, 5.41) is 0. The van der Waals surface area contributed by atoms with Crippen molar-refractivity contribution in [2.75, 3.05) is 6.54 Å². The van der Waals surface area contributed by atoms with Gasteiger partial charge in [-0.2, -0.15) is 0 Å². The number of hydrogen-bond acceptors (Lipinski definition) is 3. The highest BCUT2D eigenvalue weighted by Crippen LogP contribution is 2.59. The van der Waals surface area contributed by atoms with E-state index >= 15 is 0 Å². The molecular weight excluding hydrogens is 334 g/mol. The molecule has 5 saturated carbocycles. The third-order valence-electron chi connectivity index (χ3n) is 7.45. The fourth-order valence-electron chi connectivity index (χ4n) is 6.69. The molecule has 25 heavy (non-hydrogen) atoms. The topological polar surface area (TPSA) is 54.5 Å². The van der Waals surface area contributed by atoms with Gasteiger partial charge in [-0.25, -0.2) is 12.7 Å². The van der Waals surface area contributed by atoms with Crippen LogP contribution in [0, 0.1) is 23.7 Å². The average Bonchev–Trinajstić information content (AvgIpc) is 2.58. The lowest BCUT2D eigenvalue weighted by molar-refractivity contribution is -0.131. The smallest absolute Gasteiger partial charge is 0.243 e. The van der Waals surface area contributed by atoms with Gasteiger partial charge < -0.3 is 0 Å². The van der Waals surface area contributed by atoms with Gasteiger partial charge in [0.05, 0.1) is 4.75 Å². The molecule has 5 fully saturated rings. The first-order valence-corrected chi connectivity index (χ1v) is 12.0. The predicted molar refractivity (Wildman–Crippen MR) is 98.4 cm³/mol. The van der Waals surface area contributed by atoms with Crippen molar-refractivity contribution in [3.8, 4) is 0 Å². The monoisotopic (exact) mass is 367 g/mol. The van der Waals surface area contributed by atoms with E-state index in [4.69, 9.17) is 0 Å². The zero-order valence-electron chi connectivity index (χ0n) is 15.6. The van der Waals surface area contributed by atoms with E-state index in [2.05, 4.69) is 0 Å². The Bertz CT molecular complexity index is 586. The molecule has 5 rings (SSSR count). The van der Waals surface area contributed by atoms with E-state index in [0.29, 0.717) is 30.7 Å². The molecule has 4 bridgehead atoms. The molecule has 5 heteroatoms. The van der Waals surface area contributed by atoms with Crippen LogP contribution in [0.15, 0.2) is 0 Å². The van der Waals surface area contributed by atoms with E-state index in [1.807, 2.05) is 6.92 Å². The quantitative estimate of drug-likeness (QED) is 0.735. The first-order valence-electron chi connectivity index (χ1n) is 10.5. The van der Waals surface area contributed by atoms with E-state index in [1.54, 1.807) is 0 Å². The summed E-state index contributed by atoms with van der Waals surface area (Å²) >= 11 is 0. The lowest BCUT2D eigenvalue weighted by atomic mass is 9.56. The SMILES string of the molecule is CCCN(C(=O)C1CCCCC1)S(=O)(=O)C12CC3CC(CC(C3)C1)C2. The molecule has 0 N–H and O–H groups in total. The lowest BCUT2D eigenvalue weighted by Crippen LogP contribution is -2.60. The Balaban J connectivity index is 1.63. The zero-order chi connectivity index (χ0) is 17.7. The third kappa shape index (κ3) is 2.94. The fourth-order valence-corrected chi connectivity index (χ4v) is 9.30. The van der Waals surface area contributed by atoms with E-state index in [1.165, 1.54) is 30.0 Å². The van der Waals surface area contributed by atoms with E-state index < -0.39 is 14.8 Å². The Morgan fingerprint density at radius 3 is 1.96 bits per heavy atom. The maximum Gasteiger partial charge on any atom is 0.243 e. The Kier molecular flexibility index (Phi) is 4.66. The Morgan fingerprint density at radius 1 is 0.960 bits per heavy atom. The van der Waals surface area contributed by atoms with Crippen molar-refractivity contribution in [3.05, 3.63) is 0 Å². The summed E-state index contributed by atoms with van der Waals surface area (Å²) in [4.78, 5) is 13.2. The molecular formula is C20H33NO3S. The summed E-state index contributed by atoms with van der Waals surface area (Å²) < 4.78 is 28.3. The highest BCUT2D eigenvalue weighted by molar-refractivity contribution is 7.91. The summed E-state index contributed by atoms with van der Waals surface area (Å²) in [7, 11) is -3.55. The zero-order valence-corrected chi connectivity index (χ0v) is 16.4. The molecule has 0 aromatic rings. The molecule has 0 unspecified atom stereocenters. The molecule has 5 aliphatic rings. The summed E-state index contributed by atoms with van der Waals surface area (Å²) in [6.07, 6.45) is 11.8. The van der Waals surface area contributed by atoms with Crippen LogP contribution in [0.5, 0.6) is 0 Å². The maximum atomic E-state index is 13.8. The van der Waals surface area contributed by atoms with E-state index in [0.717, 1.165) is 44.9 Å². The molecule has 142 valence electrons. The van der Waals surface area contributed by atoms with Crippen molar-refractivity contribution < 1.29 is 13.2 Å². The highest BCUT2D eigenvalue weighted by Gasteiger charge is 2.59. The average molecular weight is 368 g/mol. The van der Waals surface area contributed by atoms with Gasteiger partial charge in [0.1, 0.15) is 0 Å². The van der Waals surface area contributed by atoms with Crippen LogP contribution in [0.1, 0.15) is 84.0 Å². The number of sulfonamides is 1. The first kappa shape index (κ1) is 17.8. The minimum Gasteiger partial charge on any atom is -0.273 e. The van der Waals surface area contributed by atoms with Crippen molar-refractivity contribution in [2.24, 2.45) is 23.7 Å². The van der Waals surface area contributed by atoms with Crippen molar-refractivity contribution in [1.29, 1.82) is 0 Å². The Labute approximate surface area is 152 Å².